The number of ether oxygens (including phenoxy) is 1. The number of hydrogen-bond donors (Lipinski definition) is 1. The molecular weight excluding hydrogens is 440 g/mol. The van der Waals surface area contributed by atoms with Crippen LogP contribution >= 0.6 is 0 Å². The molecule has 3 unspecified atom stereocenters. The third-order valence-corrected chi connectivity index (χ3v) is 8.48. The number of fused-ring (bicyclic) bond motifs is 1. The quantitative estimate of drug-likeness (QED) is 0.582. The lowest BCUT2D eigenvalue weighted by atomic mass is 9.82. The topological polar surface area (TPSA) is 76.5 Å². The fourth-order valence-corrected chi connectivity index (χ4v) is 6.82. The van der Waals surface area contributed by atoms with Gasteiger partial charge in [-0.25, -0.2) is 4.98 Å². The fraction of sp³-hybridized carbons (Fsp3) is 0.679. The molecule has 0 radical (unpaired) electrons. The molecule has 5 rings (SSSR count). The van der Waals surface area contributed by atoms with E-state index in [0.717, 1.165) is 49.9 Å². The molecule has 3 heterocycles. The smallest absolute Gasteiger partial charge is 0.227 e. The number of carbonyl (C=O) groups excluding carboxylic acids is 2. The maximum atomic E-state index is 13.7. The molecule has 2 saturated heterocycles. The van der Waals surface area contributed by atoms with E-state index in [9.17, 15) is 9.59 Å². The maximum Gasteiger partial charge on any atom is 0.227 e. The van der Waals surface area contributed by atoms with Crippen molar-refractivity contribution in [3.63, 3.8) is 0 Å². The molecule has 7 nitrogen and oxygen atoms in total. The first-order valence-corrected chi connectivity index (χ1v) is 13.5. The molecule has 1 amide bonds. The van der Waals surface area contributed by atoms with Crippen LogP contribution in [0.2, 0.25) is 0 Å². The first-order valence-electron chi connectivity index (χ1n) is 13.5. The molecule has 4 atom stereocenters. The van der Waals surface area contributed by atoms with Crippen LogP contribution in [0.15, 0.2) is 24.3 Å². The van der Waals surface area contributed by atoms with Crippen molar-refractivity contribution in [2.45, 2.75) is 53.0 Å². The van der Waals surface area contributed by atoms with Gasteiger partial charge in [0.1, 0.15) is 0 Å². The predicted molar refractivity (Wildman–Crippen MR) is 136 cm³/mol. The van der Waals surface area contributed by atoms with E-state index in [1.54, 1.807) is 0 Å². The second kappa shape index (κ2) is 10.0. The molecule has 35 heavy (non-hydrogen) atoms. The van der Waals surface area contributed by atoms with E-state index in [4.69, 9.17) is 9.72 Å². The van der Waals surface area contributed by atoms with Crippen LogP contribution in [0.4, 0.5) is 0 Å². The third-order valence-electron chi connectivity index (χ3n) is 8.48. The van der Waals surface area contributed by atoms with Gasteiger partial charge in [0, 0.05) is 39.1 Å². The molecule has 1 saturated carbocycles. The van der Waals surface area contributed by atoms with E-state index in [2.05, 4.69) is 36.7 Å². The average Bonchev–Trinajstić information content (AvgIpc) is 3.22. The van der Waals surface area contributed by atoms with E-state index in [-0.39, 0.29) is 23.0 Å². The summed E-state index contributed by atoms with van der Waals surface area (Å²) in [6, 6.07) is 8.04. The van der Waals surface area contributed by atoms with Crippen LogP contribution in [0.1, 0.15) is 57.1 Å². The lowest BCUT2D eigenvalue weighted by Gasteiger charge is -2.36. The van der Waals surface area contributed by atoms with E-state index < -0.39 is 0 Å². The van der Waals surface area contributed by atoms with Gasteiger partial charge in [0.25, 0.3) is 0 Å². The minimum absolute atomic E-state index is 0.0127. The molecule has 7 heteroatoms. The Hall–Kier alpha value is -2.25. The summed E-state index contributed by atoms with van der Waals surface area (Å²) < 4.78 is 7.55. The Morgan fingerprint density at radius 3 is 2.71 bits per heavy atom. The first-order chi connectivity index (χ1) is 16.9. The van der Waals surface area contributed by atoms with Gasteiger partial charge in [-0.05, 0) is 54.6 Å². The number of aromatic nitrogens is 2. The molecule has 2 aliphatic heterocycles. The average molecular weight is 481 g/mol. The standard InChI is InChI=1S/C28H40N4O3/c1-4-9-32-24-8-6-5-7-23(24)30-26(32)25(33)15-22-21(14-19(2)3)28(22)16-20(17-29-18-28)27(34)31-10-12-35-13-11-31/h5-8,19-22,29H,4,9-18H2,1-3H3/t20-,21?,22?,28?/m1/s1. The second-order valence-corrected chi connectivity index (χ2v) is 11.2. The van der Waals surface area contributed by atoms with Crippen LogP contribution in [0.3, 0.4) is 0 Å². The Morgan fingerprint density at radius 1 is 1.20 bits per heavy atom. The van der Waals surface area contributed by atoms with E-state index in [1.165, 1.54) is 0 Å². The number of aryl methyl sites for hydroxylation is 1. The van der Waals surface area contributed by atoms with Crippen molar-refractivity contribution < 1.29 is 14.3 Å². The molecule has 3 aliphatic rings. The monoisotopic (exact) mass is 480 g/mol. The number of morpholine rings is 1. The van der Waals surface area contributed by atoms with Gasteiger partial charge < -0.3 is 19.5 Å². The number of nitrogens with zero attached hydrogens (tertiary/aromatic N) is 3. The van der Waals surface area contributed by atoms with Crippen molar-refractivity contribution in [2.75, 3.05) is 39.4 Å². The summed E-state index contributed by atoms with van der Waals surface area (Å²) in [4.78, 5) is 33.7. The Bertz CT molecular complexity index is 1070. The van der Waals surface area contributed by atoms with Crippen molar-refractivity contribution in [3.8, 4) is 0 Å². The van der Waals surface area contributed by atoms with Crippen LogP contribution in [0.25, 0.3) is 11.0 Å². The number of nitrogens with one attached hydrogen (secondary N) is 1. The molecule has 1 aliphatic carbocycles. The van der Waals surface area contributed by atoms with Gasteiger partial charge in [0.2, 0.25) is 5.91 Å². The highest BCUT2D eigenvalue weighted by molar-refractivity contribution is 5.97. The highest BCUT2D eigenvalue weighted by Crippen LogP contribution is 2.66. The number of benzene rings is 1. The molecule has 1 spiro atoms. The summed E-state index contributed by atoms with van der Waals surface area (Å²) in [5.74, 6) is 2.33. The number of imidazole rings is 1. The molecule has 0 bridgehead atoms. The summed E-state index contributed by atoms with van der Waals surface area (Å²) in [6.07, 6.45) is 3.46. The van der Waals surface area contributed by atoms with Crippen molar-refractivity contribution >= 4 is 22.7 Å². The largest absolute Gasteiger partial charge is 0.378 e. The van der Waals surface area contributed by atoms with Crippen LogP contribution < -0.4 is 5.32 Å². The molecule has 1 aromatic heterocycles. The lowest BCUT2D eigenvalue weighted by Crippen LogP contribution is -2.50. The predicted octanol–water partition coefficient (Wildman–Crippen LogP) is 3.77. The number of hydrogen-bond acceptors (Lipinski definition) is 5. The lowest BCUT2D eigenvalue weighted by molar-refractivity contribution is -0.141. The van der Waals surface area contributed by atoms with Gasteiger partial charge in [-0.3, -0.25) is 9.59 Å². The Kier molecular flexibility index (Phi) is 6.99. The van der Waals surface area contributed by atoms with Crippen LogP contribution in [-0.2, 0) is 16.1 Å². The molecule has 1 N–H and O–H groups in total. The van der Waals surface area contributed by atoms with Gasteiger partial charge >= 0.3 is 0 Å². The Morgan fingerprint density at radius 2 is 1.97 bits per heavy atom. The number of rotatable bonds is 8. The maximum absolute atomic E-state index is 13.7. The normalized spacial score (nSPS) is 28.7. The number of para-hydroxylation sites is 2. The first kappa shape index (κ1) is 24.4. The van der Waals surface area contributed by atoms with Gasteiger partial charge in [-0.2, -0.15) is 0 Å². The van der Waals surface area contributed by atoms with Gasteiger partial charge in [-0.15, -0.1) is 0 Å². The number of ketones is 1. The Balaban J connectivity index is 1.36. The van der Waals surface area contributed by atoms with E-state index in [0.29, 0.717) is 56.3 Å². The van der Waals surface area contributed by atoms with E-state index >= 15 is 0 Å². The van der Waals surface area contributed by atoms with Crippen molar-refractivity contribution in [1.29, 1.82) is 0 Å². The summed E-state index contributed by atoms with van der Waals surface area (Å²) in [5, 5.41) is 3.60. The minimum atomic E-state index is -0.0127. The third kappa shape index (κ3) is 4.65. The van der Waals surface area contributed by atoms with Crippen molar-refractivity contribution in [2.24, 2.45) is 29.1 Å². The summed E-state index contributed by atoms with van der Waals surface area (Å²) in [5.41, 5.74) is 1.97. The summed E-state index contributed by atoms with van der Waals surface area (Å²) in [7, 11) is 0. The molecule has 1 aromatic carbocycles. The molecule has 190 valence electrons. The second-order valence-electron chi connectivity index (χ2n) is 11.2. The van der Waals surface area contributed by atoms with Crippen LogP contribution in [0, 0.1) is 29.1 Å². The SMILES string of the molecule is CCCn1c(C(=O)CC2C(CC(C)C)C23CNC[C@H](C(=O)N2CCOCC2)C3)nc2ccccc21. The van der Waals surface area contributed by atoms with E-state index in [1.807, 2.05) is 23.1 Å². The molecule has 2 aromatic rings. The fourth-order valence-electron chi connectivity index (χ4n) is 6.82. The zero-order valence-electron chi connectivity index (χ0n) is 21.5. The van der Waals surface area contributed by atoms with Crippen LogP contribution in [0.5, 0.6) is 0 Å². The van der Waals surface area contributed by atoms with Crippen LogP contribution in [-0.4, -0.2) is 65.5 Å². The summed E-state index contributed by atoms with van der Waals surface area (Å²) in [6.45, 7) is 11.7. The number of carbonyl (C=O) groups is 2. The zero-order chi connectivity index (χ0) is 24.6. The number of amides is 1. The van der Waals surface area contributed by atoms with Crippen molar-refractivity contribution in [1.82, 2.24) is 19.8 Å². The highest BCUT2D eigenvalue weighted by atomic mass is 16.5. The van der Waals surface area contributed by atoms with Gasteiger partial charge in [0.15, 0.2) is 11.6 Å². The van der Waals surface area contributed by atoms with Gasteiger partial charge in [-0.1, -0.05) is 32.9 Å². The molecule has 3 fully saturated rings. The van der Waals surface area contributed by atoms with Crippen molar-refractivity contribution in [3.05, 3.63) is 30.1 Å². The highest BCUT2D eigenvalue weighted by Gasteiger charge is 2.65. The minimum Gasteiger partial charge on any atom is -0.378 e. The number of Topliss-reactive ketones (excluding diaryl/α,β-unsaturated/α-hetero) is 1. The Labute approximate surface area is 208 Å². The number of piperidine rings is 1. The summed E-state index contributed by atoms with van der Waals surface area (Å²) >= 11 is 0. The molecular formula is C28H40N4O3. The zero-order valence-corrected chi connectivity index (χ0v) is 21.5. The van der Waals surface area contributed by atoms with Gasteiger partial charge in [0.05, 0.1) is 30.2 Å².